The summed E-state index contributed by atoms with van der Waals surface area (Å²) in [6, 6.07) is 7.25. The van der Waals surface area contributed by atoms with Crippen LogP contribution in [-0.4, -0.2) is 62.6 Å². The van der Waals surface area contributed by atoms with E-state index in [0.29, 0.717) is 24.1 Å². The summed E-state index contributed by atoms with van der Waals surface area (Å²) in [5.74, 6) is -0.788. The molecule has 2 heterocycles. The fourth-order valence-electron chi connectivity index (χ4n) is 3.12. The minimum absolute atomic E-state index is 0.315. The number of tetrazole rings is 1. The van der Waals surface area contributed by atoms with Gasteiger partial charge in [0.15, 0.2) is 0 Å². The summed E-state index contributed by atoms with van der Waals surface area (Å²) in [5.41, 5.74) is 1.32. The van der Waals surface area contributed by atoms with Gasteiger partial charge in [-0.3, -0.25) is 14.5 Å². The number of nitrogens with zero attached hydrogens (tertiary/aromatic N) is 5. The molecule has 138 valence electrons. The number of rotatable bonds is 5. The molecule has 9 heteroatoms. The van der Waals surface area contributed by atoms with Crippen molar-refractivity contribution in [3.8, 4) is 11.4 Å². The van der Waals surface area contributed by atoms with E-state index in [1.54, 1.807) is 31.3 Å². The lowest BCUT2D eigenvalue weighted by Crippen LogP contribution is -2.43. The van der Waals surface area contributed by atoms with Gasteiger partial charge in [-0.25, -0.2) is 0 Å². The van der Waals surface area contributed by atoms with E-state index in [0.717, 1.165) is 31.5 Å². The van der Waals surface area contributed by atoms with Gasteiger partial charge in [0, 0.05) is 23.8 Å². The molecule has 2 N–H and O–H groups in total. The highest BCUT2D eigenvalue weighted by atomic mass is 16.2. The highest BCUT2D eigenvalue weighted by molar-refractivity contribution is 6.39. The van der Waals surface area contributed by atoms with E-state index < -0.39 is 11.8 Å². The van der Waals surface area contributed by atoms with E-state index in [1.165, 1.54) is 4.80 Å². The van der Waals surface area contributed by atoms with E-state index in [9.17, 15) is 9.59 Å². The monoisotopic (exact) mass is 357 g/mol. The van der Waals surface area contributed by atoms with Crippen LogP contribution < -0.4 is 10.6 Å². The molecule has 1 saturated heterocycles. The molecule has 0 bridgehead atoms. The molecule has 2 amide bonds. The van der Waals surface area contributed by atoms with Crippen LogP contribution in [0.1, 0.15) is 19.8 Å². The van der Waals surface area contributed by atoms with Gasteiger partial charge < -0.3 is 10.6 Å². The van der Waals surface area contributed by atoms with Crippen molar-refractivity contribution >= 4 is 17.5 Å². The van der Waals surface area contributed by atoms with E-state index in [-0.39, 0.29) is 0 Å². The molecule has 1 aliphatic heterocycles. The van der Waals surface area contributed by atoms with Gasteiger partial charge >= 0.3 is 11.8 Å². The third-order valence-corrected chi connectivity index (χ3v) is 4.52. The van der Waals surface area contributed by atoms with Crippen molar-refractivity contribution in [1.82, 2.24) is 30.4 Å². The van der Waals surface area contributed by atoms with Gasteiger partial charge in [0.05, 0.1) is 7.05 Å². The average Bonchev–Trinajstić information content (AvgIpc) is 3.28. The number of carbonyl (C=O) groups excluding carboxylic acids is 2. The molecule has 1 aromatic heterocycles. The number of benzene rings is 1. The van der Waals surface area contributed by atoms with Crippen LogP contribution in [-0.2, 0) is 16.6 Å². The zero-order valence-corrected chi connectivity index (χ0v) is 15.0. The summed E-state index contributed by atoms with van der Waals surface area (Å²) in [6.45, 7) is 4.61. The van der Waals surface area contributed by atoms with Crippen LogP contribution in [0.3, 0.4) is 0 Å². The van der Waals surface area contributed by atoms with E-state index >= 15 is 0 Å². The maximum atomic E-state index is 12.1. The number of carbonyl (C=O) groups is 2. The molecular formula is C17H23N7O2. The summed E-state index contributed by atoms with van der Waals surface area (Å²) in [6.07, 6.45) is 2.18. The Bertz CT molecular complexity index is 772. The second-order valence-corrected chi connectivity index (χ2v) is 6.27. The first kappa shape index (κ1) is 18.0. The number of likely N-dealkylation sites (N-methyl/N-ethyl adjacent to an activating group) is 1. The molecule has 26 heavy (non-hydrogen) atoms. The molecule has 0 unspecified atom stereocenters. The summed E-state index contributed by atoms with van der Waals surface area (Å²) < 4.78 is 0. The minimum Gasteiger partial charge on any atom is -0.346 e. The minimum atomic E-state index is -0.670. The predicted octanol–water partition coefficient (Wildman–Crippen LogP) is 0.416. The Morgan fingerprint density at radius 3 is 2.65 bits per heavy atom. The topological polar surface area (TPSA) is 105 Å². The maximum absolute atomic E-state index is 12.1. The van der Waals surface area contributed by atoms with Crippen molar-refractivity contribution in [2.75, 3.05) is 25.0 Å². The number of hydrogen-bond donors (Lipinski definition) is 2. The molecule has 9 nitrogen and oxygen atoms in total. The first-order valence-electron chi connectivity index (χ1n) is 8.74. The molecular weight excluding hydrogens is 334 g/mol. The molecule has 2 aromatic rings. The fraction of sp³-hybridized carbons (Fsp3) is 0.471. The number of hydrogen-bond acceptors (Lipinski definition) is 6. The predicted molar refractivity (Wildman–Crippen MR) is 96.1 cm³/mol. The van der Waals surface area contributed by atoms with Gasteiger partial charge in [0.2, 0.25) is 5.82 Å². The normalized spacial score (nSPS) is 17.2. The first-order valence-corrected chi connectivity index (χ1v) is 8.74. The quantitative estimate of drug-likeness (QED) is 0.751. The van der Waals surface area contributed by atoms with E-state index in [4.69, 9.17) is 0 Å². The summed E-state index contributed by atoms with van der Waals surface area (Å²) in [7, 11) is 1.69. The zero-order chi connectivity index (χ0) is 18.5. The van der Waals surface area contributed by atoms with Crippen molar-refractivity contribution in [2.24, 2.45) is 7.05 Å². The second kappa shape index (κ2) is 8.05. The first-order chi connectivity index (χ1) is 12.6. The average molecular weight is 357 g/mol. The highest BCUT2D eigenvalue weighted by Crippen LogP contribution is 2.17. The van der Waals surface area contributed by atoms with E-state index in [1.807, 2.05) is 0 Å². The number of aromatic nitrogens is 4. The van der Waals surface area contributed by atoms with Gasteiger partial charge in [0.1, 0.15) is 0 Å². The third kappa shape index (κ3) is 4.23. The Labute approximate surface area is 151 Å². The Morgan fingerprint density at radius 2 is 2.00 bits per heavy atom. The maximum Gasteiger partial charge on any atom is 0.313 e. The van der Waals surface area contributed by atoms with Gasteiger partial charge in [-0.15, -0.1) is 10.2 Å². The molecule has 1 aliphatic rings. The third-order valence-electron chi connectivity index (χ3n) is 4.52. The number of aryl methyl sites for hydroxylation is 1. The van der Waals surface area contributed by atoms with Gasteiger partial charge in [-0.2, -0.15) is 4.80 Å². The number of anilines is 1. The van der Waals surface area contributed by atoms with Gasteiger partial charge in [-0.1, -0.05) is 6.92 Å². The van der Waals surface area contributed by atoms with Crippen LogP contribution in [0.15, 0.2) is 24.3 Å². The molecule has 0 saturated carbocycles. The van der Waals surface area contributed by atoms with Crippen LogP contribution in [0.25, 0.3) is 11.4 Å². The van der Waals surface area contributed by atoms with Crippen molar-refractivity contribution in [1.29, 1.82) is 0 Å². The van der Waals surface area contributed by atoms with Crippen LogP contribution in [0.5, 0.6) is 0 Å². The van der Waals surface area contributed by atoms with Crippen LogP contribution in [0, 0.1) is 0 Å². The van der Waals surface area contributed by atoms with E-state index in [2.05, 4.69) is 37.9 Å². The lowest BCUT2D eigenvalue weighted by atomic mass is 10.2. The molecule has 3 rings (SSSR count). The number of likely N-dealkylation sites (tertiary alicyclic amines) is 1. The van der Waals surface area contributed by atoms with Crippen LogP contribution >= 0.6 is 0 Å². The second-order valence-electron chi connectivity index (χ2n) is 6.27. The molecule has 0 radical (unpaired) electrons. The molecule has 1 fully saturated rings. The van der Waals surface area contributed by atoms with Crippen LogP contribution in [0.4, 0.5) is 5.69 Å². The summed E-state index contributed by atoms with van der Waals surface area (Å²) in [5, 5.41) is 17.1. The van der Waals surface area contributed by atoms with Crippen molar-refractivity contribution < 1.29 is 9.59 Å². The van der Waals surface area contributed by atoms with Gasteiger partial charge in [-0.05, 0) is 55.4 Å². The highest BCUT2D eigenvalue weighted by Gasteiger charge is 2.24. The molecule has 1 aromatic carbocycles. The van der Waals surface area contributed by atoms with Gasteiger partial charge in [0.25, 0.3) is 0 Å². The van der Waals surface area contributed by atoms with Crippen LogP contribution in [0.2, 0.25) is 0 Å². The molecule has 0 aliphatic carbocycles. The lowest BCUT2D eigenvalue weighted by Gasteiger charge is -2.22. The summed E-state index contributed by atoms with van der Waals surface area (Å²) in [4.78, 5) is 27.8. The number of amides is 2. The Balaban J connectivity index is 1.51. The standard InChI is InChI=1S/C17H23N7O2/c1-3-24-10-4-5-14(24)11-18-16(25)17(26)19-13-8-6-12(7-9-13)15-20-22-23(2)21-15/h6-9,14H,3-5,10-11H2,1-2H3,(H,18,25)(H,19,26)/t14-/m0/s1. The SMILES string of the molecule is CCN1CCC[C@H]1CNC(=O)C(=O)Nc1ccc(-c2nnn(C)n2)cc1. The zero-order valence-electron chi connectivity index (χ0n) is 15.0. The van der Waals surface area contributed by atoms with Crippen molar-refractivity contribution in [2.45, 2.75) is 25.8 Å². The molecule has 1 atom stereocenters. The fourth-order valence-corrected chi connectivity index (χ4v) is 3.12. The van der Waals surface area contributed by atoms with Crippen molar-refractivity contribution in [3.63, 3.8) is 0 Å². The smallest absolute Gasteiger partial charge is 0.313 e. The Kier molecular flexibility index (Phi) is 5.57. The lowest BCUT2D eigenvalue weighted by molar-refractivity contribution is -0.136. The summed E-state index contributed by atoms with van der Waals surface area (Å²) >= 11 is 0. The Morgan fingerprint density at radius 1 is 1.23 bits per heavy atom. The molecule has 0 spiro atoms. The largest absolute Gasteiger partial charge is 0.346 e. The van der Waals surface area contributed by atoms with Crippen molar-refractivity contribution in [3.05, 3.63) is 24.3 Å². The Hall–Kier alpha value is -2.81. The number of nitrogens with one attached hydrogen (secondary N) is 2.